The van der Waals surface area contributed by atoms with E-state index in [1.807, 2.05) is 59.9 Å². The van der Waals surface area contributed by atoms with Crippen molar-refractivity contribution in [3.05, 3.63) is 164 Å². The van der Waals surface area contributed by atoms with Crippen LogP contribution in [0.3, 0.4) is 0 Å². The lowest BCUT2D eigenvalue weighted by Gasteiger charge is -2.11. The summed E-state index contributed by atoms with van der Waals surface area (Å²) in [5.41, 5.74) is 8.78. The third-order valence-electron chi connectivity index (χ3n) is 9.35. The fraction of sp³-hybridized carbons (Fsp3) is 0. The fourth-order valence-corrected chi connectivity index (χ4v) is 8.03. The molecule has 0 radical (unpaired) electrons. The van der Waals surface area contributed by atoms with Gasteiger partial charge < -0.3 is 4.42 Å². The highest BCUT2D eigenvalue weighted by Gasteiger charge is 2.21. The summed E-state index contributed by atoms with van der Waals surface area (Å²) in [7, 11) is 0. The maximum Gasteiger partial charge on any atom is 0.164 e. The lowest BCUT2D eigenvalue weighted by Crippen LogP contribution is -2.00. The first-order valence-electron chi connectivity index (χ1n) is 16.6. The summed E-state index contributed by atoms with van der Waals surface area (Å²) in [5, 5.41) is 4.54. The zero-order chi connectivity index (χ0) is 33.0. The van der Waals surface area contributed by atoms with Crippen molar-refractivity contribution in [1.29, 1.82) is 0 Å². The predicted molar refractivity (Wildman–Crippen MR) is 207 cm³/mol. The van der Waals surface area contributed by atoms with Gasteiger partial charge in [0.25, 0.3) is 0 Å². The Balaban J connectivity index is 1.20. The maximum absolute atomic E-state index is 6.71. The molecule has 5 heteroatoms. The van der Waals surface area contributed by atoms with Crippen molar-refractivity contribution >= 4 is 53.4 Å². The van der Waals surface area contributed by atoms with Gasteiger partial charge >= 0.3 is 0 Å². The number of rotatable bonds is 5. The van der Waals surface area contributed by atoms with Crippen molar-refractivity contribution in [3.63, 3.8) is 0 Å². The molecule has 0 saturated heterocycles. The second-order valence-corrected chi connectivity index (χ2v) is 13.5. The van der Waals surface area contributed by atoms with Crippen LogP contribution >= 0.6 is 11.3 Å². The van der Waals surface area contributed by atoms with Gasteiger partial charge in [-0.15, -0.1) is 11.3 Å². The first-order chi connectivity index (χ1) is 24.8. The lowest BCUT2D eigenvalue weighted by atomic mass is 9.97. The monoisotopic (exact) mass is 657 g/mol. The van der Waals surface area contributed by atoms with E-state index in [9.17, 15) is 0 Å². The predicted octanol–water partition coefficient (Wildman–Crippen LogP) is 12.5. The largest absolute Gasteiger partial charge is 0.455 e. The van der Waals surface area contributed by atoms with Gasteiger partial charge in [0.2, 0.25) is 0 Å². The van der Waals surface area contributed by atoms with Crippen molar-refractivity contribution < 1.29 is 4.42 Å². The van der Waals surface area contributed by atoms with Crippen LogP contribution in [0.2, 0.25) is 0 Å². The molecule has 234 valence electrons. The molecule has 10 aromatic rings. The minimum absolute atomic E-state index is 0.598. The lowest BCUT2D eigenvalue weighted by molar-refractivity contribution is 0.670. The van der Waals surface area contributed by atoms with Crippen LogP contribution in [0, 0.1) is 0 Å². The van der Waals surface area contributed by atoms with Crippen molar-refractivity contribution in [3.8, 4) is 56.4 Å². The molecule has 3 aromatic heterocycles. The van der Waals surface area contributed by atoms with Gasteiger partial charge in [0, 0.05) is 53.2 Å². The molecular formula is C45H27N3OS. The van der Waals surface area contributed by atoms with E-state index in [1.54, 1.807) is 0 Å². The van der Waals surface area contributed by atoms with Crippen LogP contribution in [-0.2, 0) is 0 Å². The first kappa shape index (κ1) is 28.6. The second kappa shape index (κ2) is 11.6. The number of furan rings is 1. The van der Waals surface area contributed by atoms with Crippen LogP contribution in [0.15, 0.2) is 168 Å². The van der Waals surface area contributed by atoms with E-state index >= 15 is 0 Å². The van der Waals surface area contributed by atoms with Gasteiger partial charge in [0.15, 0.2) is 17.5 Å². The molecule has 4 nitrogen and oxygen atoms in total. The van der Waals surface area contributed by atoms with Crippen molar-refractivity contribution in [1.82, 2.24) is 15.0 Å². The van der Waals surface area contributed by atoms with Gasteiger partial charge in [-0.3, -0.25) is 0 Å². The molecule has 0 bridgehead atoms. The van der Waals surface area contributed by atoms with Crippen molar-refractivity contribution in [2.75, 3.05) is 0 Å². The Hall–Kier alpha value is -6.43. The van der Waals surface area contributed by atoms with Crippen LogP contribution in [0.25, 0.3) is 98.5 Å². The number of fused-ring (bicyclic) bond motifs is 6. The van der Waals surface area contributed by atoms with Crippen LogP contribution < -0.4 is 0 Å². The fourth-order valence-electron chi connectivity index (χ4n) is 6.95. The van der Waals surface area contributed by atoms with Gasteiger partial charge in [-0.2, -0.15) is 0 Å². The highest BCUT2D eigenvalue weighted by atomic mass is 32.1. The molecule has 50 heavy (non-hydrogen) atoms. The SMILES string of the molecule is c1ccc(-c2cccc(-c3nc(-c4ccccc4)nc(-c4ccc(-c5ccc6sc7ccccc7c6c5)c5oc6ccccc6c45)n3)c2)cc1. The summed E-state index contributed by atoms with van der Waals surface area (Å²) in [5.74, 6) is 1.84. The summed E-state index contributed by atoms with van der Waals surface area (Å²) in [6.45, 7) is 0. The van der Waals surface area contributed by atoms with Crippen LogP contribution in [0.1, 0.15) is 0 Å². The molecule has 0 aliphatic heterocycles. The van der Waals surface area contributed by atoms with E-state index in [0.29, 0.717) is 17.5 Å². The minimum Gasteiger partial charge on any atom is -0.455 e. The zero-order valence-electron chi connectivity index (χ0n) is 26.7. The summed E-state index contributed by atoms with van der Waals surface area (Å²) in [6.07, 6.45) is 0. The van der Waals surface area contributed by atoms with Gasteiger partial charge in [-0.25, -0.2) is 15.0 Å². The van der Waals surface area contributed by atoms with E-state index in [-0.39, 0.29) is 0 Å². The molecule has 0 N–H and O–H groups in total. The normalized spacial score (nSPS) is 11.6. The molecule has 0 saturated carbocycles. The standard InChI is InChI=1S/C45H27N3OS/c1-3-12-28(13-4-1)30-16-11-17-32(26-30)44-46-43(29-14-5-2-6-15-29)47-45(48-44)36-24-23-33(42-41(36)35-19-7-9-20-38(35)49-42)31-22-25-40-37(27-31)34-18-8-10-21-39(34)50-40/h1-27H. The van der Waals surface area contributed by atoms with E-state index in [2.05, 4.69) is 115 Å². The second-order valence-electron chi connectivity index (χ2n) is 12.4. The summed E-state index contributed by atoms with van der Waals surface area (Å²) in [4.78, 5) is 15.3. The molecule has 0 atom stereocenters. The number of benzene rings is 7. The Morgan fingerprint density at radius 3 is 1.84 bits per heavy atom. The van der Waals surface area contributed by atoms with E-state index in [0.717, 1.165) is 60.9 Å². The highest BCUT2D eigenvalue weighted by Crippen LogP contribution is 2.43. The molecule has 0 fully saturated rings. The molecule has 10 rings (SSSR count). The average molecular weight is 658 g/mol. The molecule has 0 aliphatic carbocycles. The highest BCUT2D eigenvalue weighted by molar-refractivity contribution is 7.25. The average Bonchev–Trinajstić information content (AvgIpc) is 3.77. The topological polar surface area (TPSA) is 51.8 Å². The number of aromatic nitrogens is 3. The number of hydrogen-bond donors (Lipinski definition) is 0. The molecule has 7 aromatic carbocycles. The summed E-state index contributed by atoms with van der Waals surface area (Å²) < 4.78 is 9.27. The number of thiophene rings is 1. The Morgan fingerprint density at radius 2 is 1.00 bits per heavy atom. The minimum atomic E-state index is 0.598. The third kappa shape index (κ3) is 4.79. The first-order valence-corrected chi connectivity index (χ1v) is 17.4. The smallest absolute Gasteiger partial charge is 0.164 e. The van der Waals surface area contributed by atoms with Crippen LogP contribution in [0.5, 0.6) is 0 Å². The number of nitrogens with zero attached hydrogens (tertiary/aromatic N) is 3. The molecular weight excluding hydrogens is 631 g/mol. The molecule has 3 heterocycles. The van der Waals surface area contributed by atoms with E-state index < -0.39 is 0 Å². The Kier molecular flexibility index (Phi) is 6.64. The Bertz CT molecular complexity index is 2870. The molecule has 0 unspecified atom stereocenters. The van der Waals surface area contributed by atoms with E-state index in [4.69, 9.17) is 19.4 Å². The number of para-hydroxylation sites is 1. The number of hydrogen-bond acceptors (Lipinski definition) is 5. The maximum atomic E-state index is 6.71. The van der Waals surface area contributed by atoms with E-state index in [1.165, 1.54) is 20.2 Å². The van der Waals surface area contributed by atoms with Crippen LogP contribution in [0.4, 0.5) is 0 Å². The molecule has 0 aliphatic rings. The van der Waals surface area contributed by atoms with Gasteiger partial charge in [0.1, 0.15) is 11.2 Å². The van der Waals surface area contributed by atoms with Gasteiger partial charge in [-0.1, -0.05) is 121 Å². The Morgan fingerprint density at radius 1 is 0.380 bits per heavy atom. The van der Waals surface area contributed by atoms with Gasteiger partial charge in [0.05, 0.1) is 0 Å². The molecule has 0 spiro atoms. The van der Waals surface area contributed by atoms with Crippen molar-refractivity contribution in [2.45, 2.75) is 0 Å². The van der Waals surface area contributed by atoms with Gasteiger partial charge in [-0.05, 0) is 59.2 Å². The Labute approximate surface area is 292 Å². The summed E-state index contributed by atoms with van der Waals surface area (Å²) >= 11 is 1.83. The molecule has 0 amide bonds. The quantitative estimate of drug-likeness (QED) is 0.185. The summed E-state index contributed by atoms with van der Waals surface area (Å²) in [6, 6.07) is 56.7. The van der Waals surface area contributed by atoms with Crippen LogP contribution in [-0.4, -0.2) is 15.0 Å². The zero-order valence-corrected chi connectivity index (χ0v) is 27.6. The third-order valence-corrected chi connectivity index (χ3v) is 10.5. The van der Waals surface area contributed by atoms with Crippen molar-refractivity contribution in [2.24, 2.45) is 0 Å².